The van der Waals surface area contributed by atoms with Crippen molar-refractivity contribution in [3.05, 3.63) is 64.7 Å². The largest absolute Gasteiger partial charge is 0.573 e. The lowest BCUT2D eigenvalue weighted by Gasteiger charge is -2.37. The molecule has 0 amide bonds. The van der Waals surface area contributed by atoms with E-state index in [1.54, 1.807) is 4.90 Å². The van der Waals surface area contributed by atoms with Crippen molar-refractivity contribution in [3.8, 4) is 5.75 Å². The molecule has 1 heterocycles. The number of nitrogens with one attached hydrogen (secondary N) is 1. The van der Waals surface area contributed by atoms with Crippen LogP contribution in [0, 0.1) is 0 Å². The number of halogens is 11. The molecule has 1 N–H and O–H groups in total. The third-order valence-corrected chi connectivity index (χ3v) is 4.93. The average molecular weight is 545 g/mol. The highest BCUT2D eigenvalue weighted by molar-refractivity contribution is 5.85. The Morgan fingerprint density at radius 1 is 0.765 bits per heavy atom. The van der Waals surface area contributed by atoms with Crippen LogP contribution in [-0.2, 0) is 12.4 Å². The molecule has 1 aliphatic heterocycles. The highest BCUT2D eigenvalue weighted by Gasteiger charge is 2.41. The standard InChI is InChI=1S/C20H17F9N2O.2ClH/c21-18(22,23)13-3-6-15(16(11-13)19(24,25)26)17(31-9-7-30-8-10-31)12-1-4-14(5-2-12)32-20(27,28)29;;/h1-6,11,17,30H,7-10H2;2*1H/t17-;;/m1../s1. The predicted octanol–water partition coefficient (Wildman–Crippen LogP) is 6.46. The highest BCUT2D eigenvalue weighted by atomic mass is 35.5. The second-order valence-corrected chi connectivity index (χ2v) is 7.10. The summed E-state index contributed by atoms with van der Waals surface area (Å²) in [4.78, 5) is 1.63. The van der Waals surface area contributed by atoms with Gasteiger partial charge in [-0.25, -0.2) is 0 Å². The van der Waals surface area contributed by atoms with E-state index in [1.807, 2.05) is 0 Å². The summed E-state index contributed by atoms with van der Waals surface area (Å²) in [5.74, 6) is -0.566. The number of nitrogens with zero attached hydrogens (tertiary/aromatic N) is 1. The van der Waals surface area contributed by atoms with Crippen molar-refractivity contribution in [3.63, 3.8) is 0 Å². The third-order valence-electron chi connectivity index (χ3n) is 4.93. The van der Waals surface area contributed by atoms with Crippen LogP contribution in [0.1, 0.15) is 28.3 Å². The van der Waals surface area contributed by atoms with Gasteiger partial charge in [-0.05, 0) is 35.4 Å². The molecule has 2 aromatic carbocycles. The van der Waals surface area contributed by atoms with Gasteiger partial charge in [0.05, 0.1) is 17.2 Å². The first-order chi connectivity index (χ1) is 14.8. The Balaban J connectivity index is 0.00000289. The van der Waals surface area contributed by atoms with Crippen LogP contribution in [0.4, 0.5) is 39.5 Å². The summed E-state index contributed by atoms with van der Waals surface area (Å²) in [6.07, 6.45) is -15.0. The molecule has 1 saturated heterocycles. The van der Waals surface area contributed by atoms with Crippen LogP contribution >= 0.6 is 24.8 Å². The molecule has 1 atom stereocenters. The molecule has 0 radical (unpaired) electrons. The van der Waals surface area contributed by atoms with E-state index < -0.39 is 47.2 Å². The number of benzene rings is 2. The molecule has 0 spiro atoms. The molecule has 0 aliphatic carbocycles. The van der Waals surface area contributed by atoms with Crippen molar-refractivity contribution < 1.29 is 44.3 Å². The number of hydrogen-bond donors (Lipinski definition) is 1. The number of rotatable bonds is 4. The van der Waals surface area contributed by atoms with Gasteiger partial charge in [-0.15, -0.1) is 38.0 Å². The Labute approximate surface area is 201 Å². The Hall–Kier alpha value is -1.89. The van der Waals surface area contributed by atoms with Gasteiger partial charge in [0.15, 0.2) is 0 Å². The van der Waals surface area contributed by atoms with Crippen LogP contribution in [0.25, 0.3) is 0 Å². The number of piperazine rings is 1. The maximum atomic E-state index is 13.8. The zero-order valence-corrected chi connectivity index (χ0v) is 18.7. The summed E-state index contributed by atoms with van der Waals surface area (Å²) < 4.78 is 122. The average Bonchev–Trinajstić information content (AvgIpc) is 2.68. The minimum Gasteiger partial charge on any atom is -0.406 e. The zero-order valence-electron chi connectivity index (χ0n) is 17.0. The molecule has 0 saturated carbocycles. The molecule has 192 valence electrons. The second kappa shape index (κ2) is 11.2. The van der Waals surface area contributed by atoms with Crippen LogP contribution in [-0.4, -0.2) is 37.4 Å². The van der Waals surface area contributed by atoms with Gasteiger partial charge in [0.25, 0.3) is 0 Å². The fourth-order valence-electron chi connectivity index (χ4n) is 3.60. The van der Waals surface area contributed by atoms with Gasteiger partial charge in [-0.2, -0.15) is 26.3 Å². The summed E-state index contributed by atoms with van der Waals surface area (Å²) >= 11 is 0. The molecule has 0 aromatic heterocycles. The normalized spacial score (nSPS) is 16.3. The van der Waals surface area contributed by atoms with Gasteiger partial charge in [0, 0.05) is 26.2 Å². The Kier molecular flexibility index (Phi) is 9.96. The van der Waals surface area contributed by atoms with Crippen molar-refractivity contribution in [1.29, 1.82) is 0 Å². The molecule has 3 nitrogen and oxygen atoms in total. The van der Waals surface area contributed by atoms with E-state index in [0.29, 0.717) is 19.2 Å². The van der Waals surface area contributed by atoms with Gasteiger partial charge in [0.1, 0.15) is 5.75 Å². The molecule has 3 rings (SSSR count). The molecule has 1 aliphatic rings. The number of alkyl halides is 9. The maximum absolute atomic E-state index is 13.8. The van der Waals surface area contributed by atoms with Crippen molar-refractivity contribution in [2.75, 3.05) is 26.2 Å². The summed E-state index contributed by atoms with van der Waals surface area (Å²) in [5, 5.41) is 3.02. The third kappa shape index (κ3) is 7.56. The van der Waals surface area contributed by atoms with E-state index in [2.05, 4.69) is 10.1 Å². The van der Waals surface area contributed by atoms with Gasteiger partial charge in [-0.3, -0.25) is 4.90 Å². The number of ether oxygens (including phenoxy) is 1. The van der Waals surface area contributed by atoms with Gasteiger partial charge < -0.3 is 10.1 Å². The maximum Gasteiger partial charge on any atom is 0.573 e. The first-order valence-electron chi connectivity index (χ1n) is 9.34. The van der Waals surface area contributed by atoms with Crippen LogP contribution in [0.3, 0.4) is 0 Å². The second-order valence-electron chi connectivity index (χ2n) is 7.10. The molecule has 14 heteroatoms. The lowest BCUT2D eigenvalue weighted by Crippen LogP contribution is -2.45. The van der Waals surface area contributed by atoms with Gasteiger partial charge >= 0.3 is 18.7 Å². The fraction of sp³-hybridized carbons (Fsp3) is 0.400. The van der Waals surface area contributed by atoms with E-state index in [4.69, 9.17) is 0 Å². The monoisotopic (exact) mass is 544 g/mol. The quantitative estimate of drug-likeness (QED) is 0.447. The van der Waals surface area contributed by atoms with Crippen LogP contribution < -0.4 is 10.1 Å². The van der Waals surface area contributed by atoms with Crippen molar-refractivity contribution in [1.82, 2.24) is 10.2 Å². The molecule has 2 aromatic rings. The zero-order chi connectivity index (χ0) is 23.7. The number of hydrogen-bond acceptors (Lipinski definition) is 3. The summed E-state index contributed by atoms with van der Waals surface area (Å²) in [6, 6.07) is 4.53. The topological polar surface area (TPSA) is 24.5 Å². The van der Waals surface area contributed by atoms with E-state index in [-0.39, 0.29) is 49.5 Å². The van der Waals surface area contributed by atoms with Crippen molar-refractivity contribution in [2.24, 2.45) is 0 Å². The highest BCUT2D eigenvalue weighted by Crippen LogP contribution is 2.42. The smallest absolute Gasteiger partial charge is 0.406 e. The summed E-state index contributed by atoms with van der Waals surface area (Å²) in [5.41, 5.74) is -3.13. The van der Waals surface area contributed by atoms with E-state index >= 15 is 0 Å². The van der Waals surface area contributed by atoms with E-state index in [0.717, 1.165) is 18.2 Å². The van der Waals surface area contributed by atoms with Crippen molar-refractivity contribution in [2.45, 2.75) is 24.8 Å². The lowest BCUT2D eigenvalue weighted by atomic mass is 9.91. The molecule has 0 bridgehead atoms. The van der Waals surface area contributed by atoms with Crippen LogP contribution in [0.15, 0.2) is 42.5 Å². The lowest BCUT2D eigenvalue weighted by molar-refractivity contribution is -0.274. The Morgan fingerprint density at radius 2 is 1.32 bits per heavy atom. The molecular formula is C20H19Cl2F9N2O. The molecular weight excluding hydrogens is 526 g/mol. The van der Waals surface area contributed by atoms with Gasteiger partial charge in [0.2, 0.25) is 0 Å². The van der Waals surface area contributed by atoms with Crippen LogP contribution in [0.2, 0.25) is 0 Å². The van der Waals surface area contributed by atoms with Crippen LogP contribution in [0.5, 0.6) is 5.75 Å². The predicted molar refractivity (Wildman–Crippen MR) is 110 cm³/mol. The fourth-order valence-corrected chi connectivity index (χ4v) is 3.60. The van der Waals surface area contributed by atoms with E-state index in [1.165, 1.54) is 12.1 Å². The first-order valence-corrected chi connectivity index (χ1v) is 9.34. The summed E-state index contributed by atoms with van der Waals surface area (Å²) in [7, 11) is 0. The minimum absolute atomic E-state index is 0. The molecule has 0 unspecified atom stereocenters. The van der Waals surface area contributed by atoms with Gasteiger partial charge in [-0.1, -0.05) is 18.2 Å². The molecule has 1 fully saturated rings. The minimum atomic E-state index is -5.08. The van der Waals surface area contributed by atoms with E-state index in [9.17, 15) is 39.5 Å². The summed E-state index contributed by atoms with van der Waals surface area (Å²) in [6.45, 7) is 1.41. The SMILES string of the molecule is Cl.Cl.FC(F)(F)Oc1ccc([C@H](c2ccc(C(F)(F)F)cc2C(F)(F)F)N2CCNCC2)cc1. The Morgan fingerprint density at radius 3 is 1.79 bits per heavy atom. The molecule has 34 heavy (non-hydrogen) atoms. The Bertz CT molecular complexity index is 926. The first kappa shape index (κ1) is 30.1. The van der Waals surface area contributed by atoms with Crippen molar-refractivity contribution >= 4 is 24.8 Å².